The third kappa shape index (κ3) is 4.37. The highest BCUT2D eigenvalue weighted by atomic mass is 16.3. The zero-order chi connectivity index (χ0) is 22.1. The molecule has 0 saturated carbocycles. The standard InChI is InChI=1S/C25H37N5O2/c1-27(18-21-7-6-16-32-21)25(31)24-22-17-20(8-9-23(22)28(2)26-24)30-14-10-19(11-15-30)29-12-4-3-5-13-29/h6-7,16,19-20H,3-5,8-15,17-18H2,1-2H3/t20-/m1/s1. The maximum atomic E-state index is 13.2. The number of rotatable bonds is 5. The molecule has 2 aliphatic heterocycles. The Morgan fingerprint density at radius 3 is 2.56 bits per heavy atom. The van der Waals surface area contributed by atoms with E-state index >= 15 is 0 Å². The molecule has 32 heavy (non-hydrogen) atoms. The molecule has 0 unspecified atom stereocenters. The summed E-state index contributed by atoms with van der Waals surface area (Å²) in [6.45, 7) is 5.42. The van der Waals surface area contributed by atoms with Crippen LogP contribution in [0, 0.1) is 0 Å². The summed E-state index contributed by atoms with van der Waals surface area (Å²) in [5, 5.41) is 4.67. The van der Waals surface area contributed by atoms with E-state index < -0.39 is 0 Å². The van der Waals surface area contributed by atoms with Crippen molar-refractivity contribution in [1.29, 1.82) is 0 Å². The summed E-state index contributed by atoms with van der Waals surface area (Å²) >= 11 is 0. The Hall–Kier alpha value is -2.12. The van der Waals surface area contributed by atoms with Gasteiger partial charge in [-0.05, 0) is 83.3 Å². The average molecular weight is 440 g/mol. The molecule has 7 heteroatoms. The van der Waals surface area contributed by atoms with Gasteiger partial charge in [-0.2, -0.15) is 5.10 Å². The van der Waals surface area contributed by atoms with E-state index in [9.17, 15) is 4.79 Å². The van der Waals surface area contributed by atoms with E-state index in [4.69, 9.17) is 4.42 Å². The first-order chi connectivity index (χ1) is 15.6. The summed E-state index contributed by atoms with van der Waals surface area (Å²) in [5.74, 6) is 0.780. The molecule has 7 nitrogen and oxygen atoms in total. The summed E-state index contributed by atoms with van der Waals surface area (Å²) in [6.07, 6.45) is 11.5. The van der Waals surface area contributed by atoms with Gasteiger partial charge in [0.05, 0.1) is 12.8 Å². The Labute approximate surface area is 191 Å². The fourth-order valence-corrected chi connectivity index (χ4v) is 6.04. The highest BCUT2D eigenvalue weighted by Gasteiger charge is 2.34. The van der Waals surface area contributed by atoms with Crippen molar-refractivity contribution in [3.63, 3.8) is 0 Å². The van der Waals surface area contributed by atoms with Crippen LogP contribution < -0.4 is 0 Å². The van der Waals surface area contributed by atoms with Crippen LogP contribution in [-0.4, -0.2) is 75.7 Å². The molecule has 1 aliphatic carbocycles. The van der Waals surface area contributed by atoms with Crippen molar-refractivity contribution in [3.05, 3.63) is 41.1 Å². The Morgan fingerprint density at radius 2 is 1.84 bits per heavy atom. The molecule has 0 radical (unpaired) electrons. The molecule has 3 aliphatic rings. The Kier molecular flexibility index (Phi) is 6.37. The summed E-state index contributed by atoms with van der Waals surface area (Å²) in [7, 11) is 3.81. The molecule has 0 bridgehead atoms. The number of amides is 1. The van der Waals surface area contributed by atoms with E-state index in [1.165, 1.54) is 64.0 Å². The number of hydrogen-bond acceptors (Lipinski definition) is 5. The first-order valence-corrected chi connectivity index (χ1v) is 12.4. The molecule has 0 spiro atoms. The molecule has 2 fully saturated rings. The van der Waals surface area contributed by atoms with Crippen LogP contribution in [0.4, 0.5) is 0 Å². The molecular formula is C25H37N5O2. The minimum absolute atomic E-state index is 0.0114. The van der Waals surface area contributed by atoms with E-state index in [1.54, 1.807) is 11.2 Å². The van der Waals surface area contributed by atoms with Gasteiger partial charge in [-0.25, -0.2) is 0 Å². The van der Waals surface area contributed by atoms with Crippen molar-refractivity contribution in [2.45, 2.75) is 70.0 Å². The largest absolute Gasteiger partial charge is 0.467 e. The topological polar surface area (TPSA) is 57.8 Å². The number of piperidine rings is 2. The summed E-state index contributed by atoms with van der Waals surface area (Å²) in [5.41, 5.74) is 3.03. The van der Waals surface area contributed by atoms with Crippen molar-refractivity contribution in [2.24, 2.45) is 7.05 Å². The van der Waals surface area contributed by atoms with E-state index in [-0.39, 0.29) is 5.91 Å². The predicted molar refractivity (Wildman–Crippen MR) is 124 cm³/mol. The van der Waals surface area contributed by atoms with Gasteiger partial charge in [0.15, 0.2) is 5.69 Å². The van der Waals surface area contributed by atoms with Crippen LogP contribution in [0.5, 0.6) is 0 Å². The number of furan rings is 1. The van der Waals surface area contributed by atoms with E-state index in [2.05, 4.69) is 14.9 Å². The van der Waals surface area contributed by atoms with Crippen molar-refractivity contribution < 1.29 is 9.21 Å². The SMILES string of the molecule is CN(Cc1ccco1)C(=O)c1nn(C)c2c1C[C@H](N1CCC(N3CCCCC3)CC1)CC2. The first kappa shape index (κ1) is 21.7. The third-order valence-corrected chi connectivity index (χ3v) is 7.87. The first-order valence-electron chi connectivity index (χ1n) is 12.4. The van der Waals surface area contributed by atoms with Crippen LogP contribution in [0.1, 0.15) is 66.0 Å². The van der Waals surface area contributed by atoms with Crippen LogP contribution in [0.3, 0.4) is 0 Å². The minimum atomic E-state index is -0.0114. The lowest BCUT2D eigenvalue weighted by atomic mass is 9.88. The second-order valence-electron chi connectivity index (χ2n) is 9.90. The van der Waals surface area contributed by atoms with E-state index in [0.29, 0.717) is 18.3 Å². The van der Waals surface area contributed by atoms with Gasteiger partial charge in [0.2, 0.25) is 0 Å². The minimum Gasteiger partial charge on any atom is -0.467 e. The normalized spacial score (nSPS) is 23.2. The van der Waals surface area contributed by atoms with E-state index in [0.717, 1.165) is 36.6 Å². The smallest absolute Gasteiger partial charge is 0.274 e. The summed E-state index contributed by atoms with van der Waals surface area (Å²) < 4.78 is 7.36. The van der Waals surface area contributed by atoms with Crippen LogP contribution >= 0.6 is 0 Å². The zero-order valence-corrected chi connectivity index (χ0v) is 19.6. The Morgan fingerprint density at radius 1 is 1.09 bits per heavy atom. The fourth-order valence-electron chi connectivity index (χ4n) is 6.04. The van der Waals surface area contributed by atoms with Crippen molar-refractivity contribution >= 4 is 5.91 Å². The number of aryl methyl sites for hydroxylation is 1. The lowest BCUT2D eigenvalue weighted by Crippen LogP contribution is -2.50. The van der Waals surface area contributed by atoms with Gasteiger partial charge in [-0.1, -0.05) is 6.42 Å². The van der Waals surface area contributed by atoms with Gasteiger partial charge in [-0.3, -0.25) is 14.4 Å². The molecule has 1 amide bonds. The van der Waals surface area contributed by atoms with Crippen LogP contribution in [0.25, 0.3) is 0 Å². The monoisotopic (exact) mass is 439 g/mol. The molecule has 4 heterocycles. The number of fused-ring (bicyclic) bond motifs is 1. The van der Waals surface area contributed by atoms with Gasteiger partial charge >= 0.3 is 0 Å². The average Bonchev–Trinajstić information content (AvgIpc) is 3.46. The van der Waals surface area contributed by atoms with Crippen molar-refractivity contribution in [2.75, 3.05) is 33.2 Å². The molecule has 2 saturated heterocycles. The molecule has 2 aromatic rings. The maximum absolute atomic E-state index is 13.2. The summed E-state index contributed by atoms with van der Waals surface area (Å²) in [6, 6.07) is 5.06. The lowest BCUT2D eigenvalue weighted by molar-refractivity contribution is 0.0677. The maximum Gasteiger partial charge on any atom is 0.274 e. The quantitative estimate of drug-likeness (QED) is 0.717. The lowest BCUT2D eigenvalue weighted by Gasteiger charge is -2.43. The molecule has 0 aromatic carbocycles. The van der Waals surface area contributed by atoms with Crippen LogP contribution in [0.2, 0.25) is 0 Å². The van der Waals surface area contributed by atoms with Crippen molar-refractivity contribution in [3.8, 4) is 0 Å². The number of nitrogens with zero attached hydrogens (tertiary/aromatic N) is 5. The predicted octanol–water partition coefficient (Wildman–Crippen LogP) is 3.09. The number of carbonyl (C=O) groups is 1. The Bertz CT molecular complexity index is 907. The molecule has 1 atom stereocenters. The fraction of sp³-hybridized carbons (Fsp3) is 0.680. The van der Waals surface area contributed by atoms with E-state index in [1.807, 2.05) is 30.9 Å². The van der Waals surface area contributed by atoms with Crippen LogP contribution in [0.15, 0.2) is 22.8 Å². The second kappa shape index (κ2) is 9.40. The summed E-state index contributed by atoms with van der Waals surface area (Å²) in [4.78, 5) is 20.4. The number of hydrogen-bond donors (Lipinski definition) is 0. The highest BCUT2D eigenvalue weighted by molar-refractivity contribution is 5.94. The highest BCUT2D eigenvalue weighted by Crippen LogP contribution is 2.30. The number of aromatic nitrogens is 2. The van der Waals surface area contributed by atoms with Gasteiger partial charge in [0, 0.05) is 37.4 Å². The molecule has 0 N–H and O–H groups in total. The zero-order valence-electron chi connectivity index (χ0n) is 19.6. The molecular weight excluding hydrogens is 402 g/mol. The van der Waals surface area contributed by atoms with Gasteiger partial charge in [0.25, 0.3) is 5.91 Å². The van der Waals surface area contributed by atoms with Gasteiger partial charge < -0.3 is 14.2 Å². The molecule has 174 valence electrons. The van der Waals surface area contributed by atoms with Gasteiger partial charge in [-0.15, -0.1) is 0 Å². The number of likely N-dealkylation sites (tertiary alicyclic amines) is 2. The third-order valence-electron chi connectivity index (χ3n) is 7.87. The molecule has 5 rings (SSSR count). The van der Waals surface area contributed by atoms with Gasteiger partial charge in [0.1, 0.15) is 5.76 Å². The van der Waals surface area contributed by atoms with Crippen molar-refractivity contribution in [1.82, 2.24) is 24.5 Å². The van der Waals surface area contributed by atoms with Crippen LogP contribution in [-0.2, 0) is 26.4 Å². The Balaban J connectivity index is 1.24. The second-order valence-corrected chi connectivity index (χ2v) is 9.90. The number of carbonyl (C=O) groups excluding carboxylic acids is 1. The molecule has 2 aromatic heterocycles.